The predicted molar refractivity (Wildman–Crippen MR) is 92.3 cm³/mol. The maximum absolute atomic E-state index is 12.8. The molecule has 1 aromatic heterocycles. The van der Waals surface area contributed by atoms with Crippen molar-refractivity contribution in [3.8, 4) is 0 Å². The molecule has 3 fully saturated rings. The van der Waals surface area contributed by atoms with Gasteiger partial charge >= 0.3 is 0 Å². The van der Waals surface area contributed by atoms with E-state index in [9.17, 15) is 4.79 Å². The minimum Gasteiger partial charge on any atom is -0.465 e. The van der Waals surface area contributed by atoms with Crippen molar-refractivity contribution in [2.24, 2.45) is 23.5 Å². The lowest BCUT2D eigenvalue weighted by atomic mass is 9.84. The van der Waals surface area contributed by atoms with Crippen LogP contribution in [-0.2, 0) is 4.79 Å². The highest BCUT2D eigenvalue weighted by Crippen LogP contribution is 2.47. The maximum atomic E-state index is 12.8. The van der Waals surface area contributed by atoms with E-state index >= 15 is 0 Å². The van der Waals surface area contributed by atoms with E-state index < -0.39 is 0 Å². The topological polar surface area (TPSA) is 71.5 Å². The van der Waals surface area contributed by atoms with Crippen LogP contribution in [0.5, 0.6) is 0 Å². The summed E-state index contributed by atoms with van der Waals surface area (Å²) in [5.74, 6) is 3.13. The van der Waals surface area contributed by atoms with E-state index in [1.807, 2.05) is 19.1 Å². The normalized spacial score (nSPS) is 33.9. The Balaban J connectivity index is 1.42. The van der Waals surface area contributed by atoms with Crippen molar-refractivity contribution in [2.45, 2.75) is 51.1 Å². The number of amides is 1. The van der Waals surface area contributed by atoms with Crippen LogP contribution in [0.3, 0.4) is 0 Å². The van der Waals surface area contributed by atoms with Gasteiger partial charge in [-0.25, -0.2) is 0 Å². The van der Waals surface area contributed by atoms with Gasteiger partial charge in [0.25, 0.3) is 0 Å². The van der Waals surface area contributed by atoms with E-state index in [1.54, 1.807) is 0 Å². The number of hydrogen-bond acceptors (Lipinski definition) is 4. The van der Waals surface area contributed by atoms with E-state index in [1.165, 1.54) is 25.7 Å². The fourth-order valence-corrected chi connectivity index (χ4v) is 5.14. The quantitative estimate of drug-likeness (QED) is 0.868. The molecule has 5 nitrogen and oxygen atoms in total. The van der Waals surface area contributed by atoms with E-state index in [-0.39, 0.29) is 23.9 Å². The minimum absolute atomic E-state index is 0.0151. The highest BCUT2D eigenvalue weighted by Gasteiger charge is 2.49. The Labute approximate surface area is 143 Å². The number of aryl methyl sites for hydroxylation is 1. The van der Waals surface area contributed by atoms with Crippen LogP contribution >= 0.6 is 0 Å². The molecule has 0 spiro atoms. The van der Waals surface area contributed by atoms with Gasteiger partial charge in [0.15, 0.2) is 0 Å². The largest absolute Gasteiger partial charge is 0.465 e. The molecule has 5 unspecified atom stereocenters. The zero-order chi connectivity index (χ0) is 16.7. The van der Waals surface area contributed by atoms with Gasteiger partial charge in [-0.1, -0.05) is 0 Å². The van der Waals surface area contributed by atoms with Crippen LogP contribution in [0.4, 0.5) is 0 Å². The molecule has 1 saturated heterocycles. The predicted octanol–water partition coefficient (Wildman–Crippen LogP) is 2.21. The van der Waals surface area contributed by atoms with Crippen LogP contribution in [0.2, 0.25) is 0 Å². The zero-order valence-electron chi connectivity index (χ0n) is 14.5. The molecule has 2 saturated carbocycles. The first kappa shape index (κ1) is 16.2. The third kappa shape index (κ3) is 2.88. The summed E-state index contributed by atoms with van der Waals surface area (Å²) in [6.07, 6.45) is 5.97. The van der Waals surface area contributed by atoms with Gasteiger partial charge in [-0.2, -0.15) is 0 Å². The van der Waals surface area contributed by atoms with Crippen molar-refractivity contribution < 1.29 is 9.21 Å². The fourth-order valence-electron chi connectivity index (χ4n) is 5.14. The van der Waals surface area contributed by atoms with Gasteiger partial charge < -0.3 is 15.5 Å². The Hall–Kier alpha value is -1.33. The zero-order valence-corrected chi connectivity index (χ0v) is 14.5. The summed E-state index contributed by atoms with van der Waals surface area (Å²) in [6, 6.07) is 4.25. The van der Waals surface area contributed by atoms with Gasteiger partial charge in [-0.15, -0.1) is 0 Å². The lowest BCUT2D eigenvalue weighted by Crippen LogP contribution is -2.47. The first-order chi connectivity index (χ1) is 11.6. The summed E-state index contributed by atoms with van der Waals surface area (Å²) in [7, 11) is 0. The molecular weight excluding hydrogens is 302 g/mol. The Kier molecular flexibility index (Phi) is 4.39. The Morgan fingerprint density at radius 1 is 1.33 bits per heavy atom. The molecule has 5 atom stereocenters. The molecule has 1 aliphatic heterocycles. The second kappa shape index (κ2) is 6.52. The van der Waals surface area contributed by atoms with Crippen molar-refractivity contribution in [3.63, 3.8) is 0 Å². The SMILES string of the molecule is Cc1ccc(C(CNC(=O)C2C3CCC(C3)C2N)N2CCCC2)o1. The lowest BCUT2D eigenvalue weighted by Gasteiger charge is -2.30. The van der Waals surface area contributed by atoms with Crippen LogP contribution in [0, 0.1) is 24.7 Å². The molecule has 4 rings (SSSR count). The molecule has 3 N–H and O–H groups in total. The number of likely N-dealkylation sites (tertiary alicyclic amines) is 1. The van der Waals surface area contributed by atoms with Gasteiger partial charge in [0, 0.05) is 12.6 Å². The number of carbonyl (C=O) groups is 1. The van der Waals surface area contributed by atoms with Crippen LogP contribution in [-0.4, -0.2) is 36.5 Å². The molecule has 1 amide bonds. The van der Waals surface area contributed by atoms with Crippen LogP contribution in [0.25, 0.3) is 0 Å². The summed E-state index contributed by atoms with van der Waals surface area (Å²) >= 11 is 0. The number of nitrogens with two attached hydrogens (primary N) is 1. The molecule has 2 bridgehead atoms. The third-order valence-corrected chi connectivity index (χ3v) is 6.42. The summed E-state index contributed by atoms with van der Waals surface area (Å²) in [5.41, 5.74) is 6.32. The summed E-state index contributed by atoms with van der Waals surface area (Å²) < 4.78 is 5.87. The number of furan rings is 1. The van der Waals surface area contributed by atoms with Gasteiger partial charge in [-0.05, 0) is 76.1 Å². The molecule has 2 aliphatic carbocycles. The minimum atomic E-state index is 0.0151. The number of carbonyl (C=O) groups excluding carboxylic acids is 1. The number of hydrogen-bond donors (Lipinski definition) is 2. The summed E-state index contributed by atoms with van der Waals surface area (Å²) in [6.45, 7) is 4.74. The molecular formula is C19H29N3O2. The number of rotatable bonds is 5. The van der Waals surface area contributed by atoms with Gasteiger partial charge in [0.05, 0.1) is 12.0 Å². The highest BCUT2D eigenvalue weighted by molar-refractivity contribution is 5.80. The first-order valence-electron chi connectivity index (χ1n) is 9.47. The van der Waals surface area contributed by atoms with Crippen molar-refractivity contribution in [1.29, 1.82) is 0 Å². The monoisotopic (exact) mass is 331 g/mol. The third-order valence-electron chi connectivity index (χ3n) is 6.42. The first-order valence-corrected chi connectivity index (χ1v) is 9.47. The van der Waals surface area contributed by atoms with Crippen molar-refractivity contribution in [2.75, 3.05) is 19.6 Å². The second-order valence-electron chi connectivity index (χ2n) is 7.89. The average molecular weight is 331 g/mol. The van der Waals surface area contributed by atoms with E-state index in [4.69, 9.17) is 10.2 Å². The van der Waals surface area contributed by atoms with E-state index in [0.717, 1.165) is 31.0 Å². The average Bonchev–Trinajstić information content (AvgIpc) is 3.31. The molecule has 24 heavy (non-hydrogen) atoms. The Morgan fingerprint density at radius 3 is 2.71 bits per heavy atom. The molecule has 3 aliphatic rings. The smallest absolute Gasteiger partial charge is 0.225 e. The Morgan fingerprint density at radius 2 is 2.08 bits per heavy atom. The van der Waals surface area contributed by atoms with Crippen molar-refractivity contribution in [3.05, 3.63) is 23.7 Å². The highest BCUT2D eigenvalue weighted by atomic mass is 16.3. The van der Waals surface area contributed by atoms with Crippen LogP contribution < -0.4 is 11.1 Å². The van der Waals surface area contributed by atoms with Crippen molar-refractivity contribution in [1.82, 2.24) is 10.2 Å². The van der Waals surface area contributed by atoms with Gasteiger partial charge in [-0.3, -0.25) is 9.69 Å². The number of nitrogens with one attached hydrogen (secondary N) is 1. The summed E-state index contributed by atoms with van der Waals surface area (Å²) in [5, 5.41) is 3.20. The molecule has 132 valence electrons. The van der Waals surface area contributed by atoms with Crippen molar-refractivity contribution >= 4 is 5.91 Å². The second-order valence-corrected chi connectivity index (χ2v) is 7.89. The maximum Gasteiger partial charge on any atom is 0.225 e. The van der Waals surface area contributed by atoms with Crippen LogP contribution in [0.1, 0.15) is 49.7 Å². The number of nitrogens with zero attached hydrogens (tertiary/aromatic N) is 1. The lowest BCUT2D eigenvalue weighted by molar-refractivity contribution is -0.127. The van der Waals surface area contributed by atoms with E-state index in [2.05, 4.69) is 10.2 Å². The molecule has 1 aromatic rings. The summed E-state index contributed by atoms with van der Waals surface area (Å²) in [4.78, 5) is 15.2. The molecule has 0 radical (unpaired) electrons. The molecule has 2 heterocycles. The Bertz CT molecular complexity index is 591. The van der Waals surface area contributed by atoms with E-state index in [0.29, 0.717) is 18.4 Å². The standard InChI is InChI=1S/C19H29N3O2/c1-12-4-7-16(24-12)15(22-8-2-3-9-22)11-21-19(23)17-13-5-6-14(10-13)18(17)20/h4,7,13-15,17-18H,2-3,5-6,8-11,20H2,1H3,(H,21,23). The number of fused-ring (bicyclic) bond motifs is 2. The molecule has 5 heteroatoms. The van der Waals surface area contributed by atoms with Gasteiger partial charge in [0.2, 0.25) is 5.91 Å². The fraction of sp³-hybridized carbons (Fsp3) is 0.737. The van der Waals surface area contributed by atoms with Crippen LogP contribution in [0.15, 0.2) is 16.5 Å². The van der Waals surface area contributed by atoms with Gasteiger partial charge in [0.1, 0.15) is 11.5 Å². The molecule has 0 aromatic carbocycles.